The molecule has 2 aromatic rings. The van der Waals surface area contributed by atoms with Crippen LogP contribution in [0.4, 0.5) is 5.69 Å². The Hall–Kier alpha value is -0.970. The number of hydrogen-bond acceptors (Lipinski definition) is 2. The van der Waals surface area contributed by atoms with Crippen LogP contribution in [0.2, 0.25) is 0 Å². The third-order valence-corrected chi connectivity index (χ3v) is 2.92. The Balaban J connectivity index is 2.02. The molecule has 0 amide bonds. The molecule has 78 valence electrons. The topological polar surface area (TPSA) is 25.2 Å². The number of benzene rings is 1. The van der Waals surface area contributed by atoms with Crippen LogP contribution in [0.15, 0.2) is 41.0 Å². The third kappa shape index (κ3) is 2.75. The molecule has 0 aliphatic heterocycles. The lowest BCUT2D eigenvalue weighted by atomic mass is 10.2. The second-order valence-corrected chi connectivity index (χ2v) is 4.64. The van der Waals surface area contributed by atoms with Crippen LogP contribution in [0.1, 0.15) is 11.3 Å². The third-order valence-electron chi connectivity index (χ3n) is 2.25. The summed E-state index contributed by atoms with van der Waals surface area (Å²) >= 11 is 2.30. The molecule has 1 heterocycles. The van der Waals surface area contributed by atoms with Gasteiger partial charge < -0.3 is 9.73 Å². The zero-order chi connectivity index (χ0) is 10.7. The summed E-state index contributed by atoms with van der Waals surface area (Å²) in [5.41, 5.74) is 2.31. The number of furan rings is 1. The maximum Gasteiger partial charge on any atom is 0.125 e. The number of aryl methyl sites for hydroxylation is 1. The Bertz CT molecular complexity index is 450. The number of rotatable bonds is 3. The first-order valence-corrected chi connectivity index (χ1v) is 5.86. The fraction of sp³-hybridized carbons (Fsp3) is 0.167. The molecule has 1 aromatic carbocycles. The van der Waals surface area contributed by atoms with Crippen molar-refractivity contribution in [1.82, 2.24) is 0 Å². The summed E-state index contributed by atoms with van der Waals surface area (Å²) in [7, 11) is 0. The van der Waals surface area contributed by atoms with Crippen LogP contribution in [0.3, 0.4) is 0 Å². The normalized spacial score (nSPS) is 10.3. The minimum atomic E-state index is 0.735. The van der Waals surface area contributed by atoms with E-state index in [2.05, 4.69) is 53.0 Å². The van der Waals surface area contributed by atoms with Gasteiger partial charge in [0.05, 0.1) is 12.8 Å². The highest BCUT2D eigenvalue weighted by Gasteiger charge is 2.01. The predicted molar refractivity (Wildman–Crippen MR) is 69.9 cm³/mol. The zero-order valence-electron chi connectivity index (χ0n) is 8.46. The maximum absolute atomic E-state index is 5.35. The lowest BCUT2D eigenvalue weighted by Gasteiger charge is -2.05. The van der Waals surface area contributed by atoms with E-state index in [-0.39, 0.29) is 0 Å². The summed E-state index contributed by atoms with van der Waals surface area (Å²) in [5, 5.41) is 3.33. The molecule has 0 radical (unpaired) electrons. The molecule has 2 rings (SSSR count). The first kappa shape index (κ1) is 10.5. The van der Waals surface area contributed by atoms with Gasteiger partial charge in [-0.2, -0.15) is 0 Å². The van der Waals surface area contributed by atoms with Gasteiger partial charge in [0.2, 0.25) is 0 Å². The molecule has 0 spiro atoms. The second kappa shape index (κ2) is 4.70. The molecular weight excluding hydrogens is 301 g/mol. The smallest absolute Gasteiger partial charge is 0.125 e. The lowest BCUT2D eigenvalue weighted by Crippen LogP contribution is -1.99. The summed E-state index contributed by atoms with van der Waals surface area (Å²) in [5.74, 6) is 0.994. The molecule has 0 aliphatic carbocycles. The number of nitrogens with one attached hydrogen (secondary N) is 1. The van der Waals surface area contributed by atoms with Crippen molar-refractivity contribution in [3.8, 4) is 0 Å². The van der Waals surface area contributed by atoms with Gasteiger partial charge in [-0.3, -0.25) is 0 Å². The molecule has 0 aliphatic rings. The Kier molecular flexibility index (Phi) is 3.30. The highest BCUT2D eigenvalue weighted by atomic mass is 127. The van der Waals surface area contributed by atoms with E-state index in [9.17, 15) is 0 Å². The van der Waals surface area contributed by atoms with E-state index < -0.39 is 0 Å². The van der Waals surface area contributed by atoms with E-state index in [0.29, 0.717) is 0 Å². The van der Waals surface area contributed by atoms with E-state index in [1.165, 1.54) is 9.13 Å². The van der Waals surface area contributed by atoms with Crippen LogP contribution in [0.25, 0.3) is 0 Å². The molecule has 2 nitrogen and oxygen atoms in total. The Labute approximate surface area is 103 Å². The molecule has 0 atom stereocenters. The van der Waals surface area contributed by atoms with E-state index >= 15 is 0 Å². The fourth-order valence-corrected chi connectivity index (χ4v) is 1.91. The first-order valence-electron chi connectivity index (χ1n) is 4.78. The van der Waals surface area contributed by atoms with Crippen molar-refractivity contribution in [3.63, 3.8) is 0 Å². The van der Waals surface area contributed by atoms with Gasteiger partial charge in [0.15, 0.2) is 0 Å². The van der Waals surface area contributed by atoms with E-state index in [1.807, 2.05) is 12.1 Å². The summed E-state index contributed by atoms with van der Waals surface area (Å²) in [6.45, 7) is 2.79. The van der Waals surface area contributed by atoms with Crippen LogP contribution in [0.5, 0.6) is 0 Å². The predicted octanol–water partition coefficient (Wildman–Crippen LogP) is 3.80. The minimum absolute atomic E-state index is 0.735. The van der Waals surface area contributed by atoms with Crippen molar-refractivity contribution < 1.29 is 4.42 Å². The van der Waals surface area contributed by atoms with Crippen LogP contribution in [-0.2, 0) is 6.54 Å². The quantitative estimate of drug-likeness (QED) is 0.872. The maximum atomic E-state index is 5.35. The van der Waals surface area contributed by atoms with Crippen molar-refractivity contribution >= 4 is 28.3 Å². The van der Waals surface area contributed by atoms with Gasteiger partial charge in [0.1, 0.15) is 5.76 Å². The van der Waals surface area contributed by atoms with Gasteiger partial charge in [-0.05, 0) is 59.3 Å². The zero-order valence-corrected chi connectivity index (χ0v) is 10.6. The van der Waals surface area contributed by atoms with Crippen molar-refractivity contribution in [1.29, 1.82) is 0 Å². The Morgan fingerprint density at radius 2 is 2.20 bits per heavy atom. The van der Waals surface area contributed by atoms with Gasteiger partial charge in [-0.15, -0.1) is 0 Å². The van der Waals surface area contributed by atoms with Crippen molar-refractivity contribution in [3.05, 3.63) is 51.5 Å². The van der Waals surface area contributed by atoms with Gasteiger partial charge in [0.25, 0.3) is 0 Å². The molecule has 15 heavy (non-hydrogen) atoms. The largest absolute Gasteiger partial charge is 0.467 e. The van der Waals surface area contributed by atoms with E-state index in [0.717, 1.165) is 18.0 Å². The number of anilines is 1. The standard InChI is InChI=1S/C12H12INO/c1-9-5-6-15-12(9)8-14-11-4-2-3-10(13)7-11/h2-7,14H,8H2,1H3. The number of hydrogen-bond donors (Lipinski definition) is 1. The highest BCUT2D eigenvalue weighted by molar-refractivity contribution is 14.1. The molecule has 0 unspecified atom stereocenters. The SMILES string of the molecule is Cc1ccoc1CNc1cccc(I)c1. The summed E-state index contributed by atoms with van der Waals surface area (Å²) in [6.07, 6.45) is 1.72. The van der Waals surface area contributed by atoms with E-state index in [4.69, 9.17) is 4.42 Å². The van der Waals surface area contributed by atoms with Gasteiger partial charge in [-0.1, -0.05) is 6.07 Å². The van der Waals surface area contributed by atoms with Gasteiger partial charge in [-0.25, -0.2) is 0 Å². The minimum Gasteiger partial charge on any atom is -0.467 e. The molecule has 0 saturated heterocycles. The molecule has 3 heteroatoms. The average Bonchev–Trinajstić information content (AvgIpc) is 2.61. The summed E-state index contributed by atoms with van der Waals surface area (Å²) in [4.78, 5) is 0. The molecular formula is C12H12INO. The van der Waals surface area contributed by atoms with Gasteiger partial charge >= 0.3 is 0 Å². The van der Waals surface area contributed by atoms with Crippen LogP contribution in [0, 0.1) is 10.5 Å². The van der Waals surface area contributed by atoms with Crippen molar-refractivity contribution in [2.45, 2.75) is 13.5 Å². The molecule has 0 saturated carbocycles. The Morgan fingerprint density at radius 3 is 2.87 bits per heavy atom. The summed E-state index contributed by atoms with van der Waals surface area (Å²) in [6, 6.07) is 10.3. The Morgan fingerprint density at radius 1 is 1.33 bits per heavy atom. The summed E-state index contributed by atoms with van der Waals surface area (Å²) < 4.78 is 6.58. The van der Waals surface area contributed by atoms with Crippen LogP contribution < -0.4 is 5.32 Å². The van der Waals surface area contributed by atoms with Crippen molar-refractivity contribution in [2.75, 3.05) is 5.32 Å². The molecule has 0 fully saturated rings. The average molecular weight is 313 g/mol. The van der Waals surface area contributed by atoms with Crippen LogP contribution in [-0.4, -0.2) is 0 Å². The lowest BCUT2D eigenvalue weighted by molar-refractivity contribution is 0.515. The first-order chi connectivity index (χ1) is 7.25. The van der Waals surface area contributed by atoms with Gasteiger partial charge in [0, 0.05) is 9.26 Å². The monoisotopic (exact) mass is 313 g/mol. The van der Waals surface area contributed by atoms with Crippen molar-refractivity contribution in [2.24, 2.45) is 0 Å². The van der Waals surface area contributed by atoms with Crippen LogP contribution >= 0.6 is 22.6 Å². The molecule has 1 aromatic heterocycles. The van der Waals surface area contributed by atoms with E-state index in [1.54, 1.807) is 6.26 Å². The molecule has 1 N–H and O–H groups in total. The fourth-order valence-electron chi connectivity index (χ4n) is 1.37. The number of halogens is 1. The second-order valence-electron chi connectivity index (χ2n) is 3.39. The molecule has 0 bridgehead atoms. The highest BCUT2D eigenvalue weighted by Crippen LogP contribution is 2.15.